The molecule has 0 bridgehead atoms. The lowest BCUT2D eigenvalue weighted by atomic mass is 10.0. The first-order valence-electron chi connectivity index (χ1n) is 5.17. The second-order valence-corrected chi connectivity index (χ2v) is 4.10. The largest absolute Gasteiger partial charge is 0.328 e. The van der Waals surface area contributed by atoms with Gasteiger partial charge in [0.05, 0.1) is 0 Å². The summed E-state index contributed by atoms with van der Waals surface area (Å²) in [7, 11) is 1.69. The molecule has 1 aromatic rings. The molecule has 1 rings (SSSR count). The molecule has 86 valence electrons. The summed E-state index contributed by atoms with van der Waals surface area (Å²) in [5.41, 5.74) is 3.48. The fourth-order valence-electron chi connectivity index (χ4n) is 1.42. The zero-order valence-electron chi connectivity index (χ0n) is 9.83. The maximum atomic E-state index is 10.9. The van der Waals surface area contributed by atoms with E-state index in [1.807, 2.05) is 19.1 Å². The van der Waals surface area contributed by atoms with Crippen molar-refractivity contribution in [1.82, 2.24) is 4.90 Å². The van der Waals surface area contributed by atoms with Crippen LogP contribution >= 0.6 is 11.6 Å². The van der Waals surface area contributed by atoms with Crippen LogP contribution in [0, 0.1) is 0 Å². The van der Waals surface area contributed by atoms with Gasteiger partial charge in [-0.2, -0.15) is 0 Å². The summed E-state index contributed by atoms with van der Waals surface area (Å²) in [6.45, 7) is 4.61. The van der Waals surface area contributed by atoms with Crippen LogP contribution in [0.4, 0.5) is 4.79 Å². The van der Waals surface area contributed by atoms with Crippen molar-refractivity contribution < 1.29 is 4.79 Å². The summed E-state index contributed by atoms with van der Waals surface area (Å²) >= 11 is 5.38. The highest BCUT2D eigenvalue weighted by atomic mass is 35.5. The molecular formula is C13H16ClNO. The molecule has 0 fully saturated rings. The second kappa shape index (κ2) is 5.71. The fourth-order valence-corrected chi connectivity index (χ4v) is 1.48. The third-order valence-electron chi connectivity index (χ3n) is 2.54. The Hall–Kier alpha value is -1.28. The molecule has 1 amide bonds. The van der Waals surface area contributed by atoms with Gasteiger partial charge in [-0.25, -0.2) is 0 Å². The van der Waals surface area contributed by atoms with Gasteiger partial charge in [0, 0.05) is 13.6 Å². The number of carbonyl (C=O) groups is 1. The summed E-state index contributed by atoms with van der Waals surface area (Å²) in [5.74, 6) is 0. The third-order valence-corrected chi connectivity index (χ3v) is 2.82. The van der Waals surface area contributed by atoms with E-state index in [2.05, 4.69) is 25.1 Å². The van der Waals surface area contributed by atoms with Crippen LogP contribution in [0.5, 0.6) is 0 Å². The first kappa shape index (κ1) is 12.8. The average Bonchev–Trinajstić information content (AvgIpc) is 2.28. The highest BCUT2D eigenvalue weighted by Crippen LogP contribution is 2.16. The lowest BCUT2D eigenvalue weighted by molar-refractivity contribution is 0.230. The minimum atomic E-state index is -0.437. The van der Waals surface area contributed by atoms with Crippen molar-refractivity contribution in [1.29, 1.82) is 0 Å². The number of nitrogens with zero attached hydrogens (tertiary/aromatic N) is 1. The van der Waals surface area contributed by atoms with E-state index in [0.29, 0.717) is 6.54 Å². The molecular weight excluding hydrogens is 222 g/mol. The van der Waals surface area contributed by atoms with Crippen molar-refractivity contribution in [3.63, 3.8) is 0 Å². The number of halogens is 1. The van der Waals surface area contributed by atoms with Crippen LogP contribution in [-0.2, 0) is 6.54 Å². The Balaban J connectivity index is 2.87. The maximum absolute atomic E-state index is 10.9. The number of rotatable bonds is 3. The quantitative estimate of drug-likeness (QED) is 0.577. The van der Waals surface area contributed by atoms with Crippen molar-refractivity contribution in [3.8, 4) is 0 Å². The van der Waals surface area contributed by atoms with E-state index in [1.54, 1.807) is 7.05 Å². The molecule has 0 aliphatic carbocycles. The van der Waals surface area contributed by atoms with Gasteiger partial charge in [0.2, 0.25) is 0 Å². The molecule has 2 nitrogen and oxygen atoms in total. The van der Waals surface area contributed by atoms with E-state index in [9.17, 15) is 4.79 Å². The van der Waals surface area contributed by atoms with Crippen molar-refractivity contribution in [3.05, 3.63) is 41.5 Å². The second-order valence-electron chi connectivity index (χ2n) is 3.78. The zero-order valence-corrected chi connectivity index (χ0v) is 10.6. The van der Waals surface area contributed by atoms with Gasteiger partial charge < -0.3 is 4.90 Å². The van der Waals surface area contributed by atoms with Gasteiger partial charge in [0.25, 0.3) is 0 Å². The van der Waals surface area contributed by atoms with Crippen molar-refractivity contribution in [2.24, 2.45) is 0 Å². The van der Waals surface area contributed by atoms with Gasteiger partial charge in [0.1, 0.15) is 0 Å². The molecule has 0 atom stereocenters. The van der Waals surface area contributed by atoms with Crippen LogP contribution in [-0.4, -0.2) is 17.3 Å². The Kier molecular flexibility index (Phi) is 4.56. The van der Waals surface area contributed by atoms with E-state index in [1.165, 1.54) is 16.0 Å². The molecule has 0 aliphatic rings. The van der Waals surface area contributed by atoms with Crippen LogP contribution in [0.1, 0.15) is 25.0 Å². The van der Waals surface area contributed by atoms with E-state index in [-0.39, 0.29) is 0 Å². The highest BCUT2D eigenvalue weighted by molar-refractivity contribution is 6.62. The standard InChI is InChI=1S/C13H16ClNO/c1-4-10(2)12-7-5-6-11(8-12)9-15(3)13(14)16/h4-8H,9H2,1-3H3. The first-order chi connectivity index (χ1) is 7.54. The minimum Gasteiger partial charge on any atom is -0.328 e. The number of amides is 1. The number of hydrogen-bond acceptors (Lipinski definition) is 1. The summed E-state index contributed by atoms with van der Waals surface area (Å²) < 4.78 is 0. The minimum absolute atomic E-state index is 0.437. The summed E-state index contributed by atoms with van der Waals surface area (Å²) in [4.78, 5) is 12.4. The molecule has 0 N–H and O–H groups in total. The molecule has 0 spiro atoms. The molecule has 0 unspecified atom stereocenters. The van der Waals surface area contributed by atoms with Gasteiger partial charge in [-0.05, 0) is 48.2 Å². The van der Waals surface area contributed by atoms with Crippen LogP contribution in [0.3, 0.4) is 0 Å². The van der Waals surface area contributed by atoms with E-state index < -0.39 is 5.37 Å². The van der Waals surface area contributed by atoms with Crippen molar-refractivity contribution in [2.75, 3.05) is 7.05 Å². The van der Waals surface area contributed by atoms with Crippen LogP contribution in [0.2, 0.25) is 0 Å². The molecule has 0 saturated carbocycles. The van der Waals surface area contributed by atoms with Gasteiger partial charge in [-0.3, -0.25) is 4.79 Å². The molecule has 0 heterocycles. The summed E-state index contributed by atoms with van der Waals surface area (Å²) in [6, 6.07) is 8.11. The van der Waals surface area contributed by atoms with Crippen LogP contribution in [0.15, 0.2) is 30.3 Å². The molecule has 0 aliphatic heterocycles. The number of hydrogen-bond donors (Lipinski definition) is 0. The molecule has 0 aromatic heterocycles. The Morgan fingerprint density at radius 2 is 2.19 bits per heavy atom. The fraction of sp³-hybridized carbons (Fsp3) is 0.308. The third kappa shape index (κ3) is 3.38. The van der Waals surface area contributed by atoms with Crippen LogP contribution in [0.25, 0.3) is 5.57 Å². The number of allylic oxidation sites excluding steroid dienone is 2. The monoisotopic (exact) mass is 237 g/mol. The Morgan fingerprint density at radius 3 is 2.75 bits per heavy atom. The Morgan fingerprint density at radius 1 is 1.50 bits per heavy atom. The number of benzene rings is 1. The average molecular weight is 238 g/mol. The SMILES string of the molecule is CC=C(C)c1cccc(CN(C)C(=O)Cl)c1. The maximum Gasteiger partial charge on any atom is 0.316 e. The predicted molar refractivity (Wildman–Crippen MR) is 68.5 cm³/mol. The molecule has 1 aromatic carbocycles. The Bertz CT molecular complexity index is 412. The van der Waals surface area contributed by atoms with Gasteiger partial charge in [0.15, 0.2) is 0 Å². The smallest absolute Gasteiger partial charge is 0.316 e. The van der Waals surface area contributed by atoms with E-state index in [4.69, 9.17) is 11.6 Å². The van der Waals surface area contributed by atoms with Crippen molar-refractivity contribution in [2.45, 2.75) is 20.4 Å². The topological polar surface area (TPSA) is 20.3 Å². The first-order valence-corrected chi connectivity index (χ1v) is 5.55. The number of carbonyl (C=O) groups excluding carboxylic acids is 1. The summed E-state index contributed by atoms with van der Waals surface area (Å²) in [6.07, 6.45) is 2.07. The zero-order chi connectivity index (χ0) is 12.1. The van der Waals surface area contributed by atoms with Gasteiger partial charge in [-0.15, -0.1) is 0 Å². The highest BCUT2D eigenvalue weighted by Gasteiger charge is 2.05. The lowest BCUT2D eigenvalue weighted by Gasteiger charge is -2.14. The molecule has 16 heavy (non-hydrogen) atoms. The van der Waals surface area contributed by atoms with Gasteiger partial charge in [-0.1, -0.05) is 24.3 Å². The van der Waals surface area contributed by atoms with Gasteiger partial charge >= 0.3 is 5.37 Å². The molecule has 0 radical (unpaired) electrons. The van der Waals surface area contributed by atoms with Crippen LogP contribution < -0.4 is 0 Å². The molecule has 0 saturated heterocycles. The van der Waals surface area contributed by atoms with Crippen molar-refractivity contribution >= 4 is 22.5 Å². The Labute approximate surface area is 102 Å². The lowest BCUT2D eigenvalue weighted by Crippen LogP contribution is -2.20. The summed E-state index contributed by atoms with van der Waals surface area (Å²) in [5, 5.41) is -0.437. The van der Waals surface area contributed by atoms with E-state index in [0.717, 1.165) is 5.56 Å². The normalized spacial score (nSPS) is 11.4. The molecule has 3 heteroatoms. The van der Waals surface area contributed by atoms with E-state index >= 15 is 0 Å². The predicted octanol–water partition coefficient (Wildman–Crippen LogP) is 3.90.